The molecule has 0 heterocycles. The van der Waals surface area contributed by atoms with Gasteiger partial charge in [0.2, 0.25) is 0 Å². The summed E-state index contributed by atoms with van der Waals surface area (Å²) in [5.74, 6) is 0.389. The van der Waals surface area contributed by atoms with E-state index in [1.807, 2.05) is 18.2 Å². The van der Waals surface area contributed by atoms with Crippen LogP contribution in [0.15, 0.2) is 24.3 Å². The highest BCUT2D eigenvalue weighted by Crippen LogP contribution is 2.29. The first-order chi connectivity index (χ1) is 5.02. The van der Waals surface area contributed by atoms with Gasteiger partial charge in [-0.2, -0.15) is 0 Å². The van der Waals surface area contributed by atoms with Crippen molar-refractivity contribution in [2.75, 3.05) is 0 Å². The zero-order chi connectivity index (χ0) is 8.48. The molecular weight excluding hydrogens is 207 g/mol. The van der Waals surface area contributed by atoms with E-state index in [1.54, 1.807) is 6.07 Å². The van der Waals surface area contributed by atoms with Gasteiger partial charge in [-0.3, -0.25) is 0 Å². The van der Waals surface area contributed by atoms with E-state index in [0.29, 0.717) is 5.75 Å². The molecule has 0 saturated carbocycles. The van der Waals surface area contributed by atoms with Gasteiger partial charge in [0.1, 0.15) is 5.75 Å². The van der Waals surface area contributed by atoms with Gasteiger partial charge in [-0.1, -0.05) is 39.0 Å². The number of aromatic hydroxyl groups is 1. The van der Waals surface area contributed by atoms with Crippen molar-refractivity contribution in [2.24, 2.45) is 0 Å². The number of hydrogen-bond donors (Lipinski definition) is 1. The van der Waals surface area contributed by atoms with Crippen LogP contribution in [0.4, 0.5) is 0 Å². The molecule has 0 atom stereocenters. The predicted molar refractivity (Wildman–Crippen MR) is 61.3 cm³/mol. The van der Waals surface area contributed by atoms with Crippen molar-refractivity contribution in [3.05, 3.63) is 29.8 Å². The topological polar surface area (TPSA) is 20.2 Å². The molecule has 1 aromatic carbocycles. The molecule has 0 aliphatic rings. The highest BCUT2D eigenvalue weighted by molar-refractivity contribution is 5.85. The molecule has 0 aliphatic heterocycles. The lowest BCUT2D eigenvalue weighted by Crippen LogP contribution is -2.10. The monoisotopic (exact) mass is 222 g/mol. The van der Waals surface area contributed by atoms with Crippen LogP contribution >= 0.6 is 24.8 Å². The molecule has 0 bridgehead atoms. The predicted octanol–water partition coefficient (Wildman–Crippen LogP) is 3.53. The molecule has 0 amide bonds. The summed E-state index contributed by atoms with van der Waals surface area (Å²) in [6, 6.07) is 7.46. The highest BCUT2D eigenvalue weighted by Gasteiger charge is 2.16. The molecule has 0 aliphatic carbocycles. The lowest BCUT2D eigenvalue weighted by Gasteiger charge is -2.19. The number of hydrogen-bond acceptors (Lipinski definition) is 1. The molecule has 1 aromatic rings. The van der Waals surface area contributed by atoms with Crippen LogP contribution in [0.1, 0.15) is 26.3 Å². The Morgan fingerprint density at radius 1 is 1.00 bits per heavy atom. The number of halogens is 2. The molecule has 0 saturated heterocycles. The molecule has 1 rings (SSSR count). The second kappa shape index (κ2) is 5.36. The fraction of sp³-hybridized carbons (Fsp3) is 0.400. The minimum absolute atomic E-state index is 0. The normalized spacial score (nSPS) is 9.77. The number of phenols is 1. The highest BCUT2D eigenvalue weighted by atomic mass is 35.5. The summed E-state index contributed by atoms with van der Waals surface area (Å²) in [7, 11) is 0. The van der Waals surface area contributed by atoms with Crippen molar-refractivity contribution in [2.45, 2.75) is 26.2 Å². The summed E-state index contributed by atoms with van der Waals surface area (Å²) in [4.78, 5) is 0. The van der Waals surface area contributed by atoms with Crippen LogP contribution in [0.5, 0.6) is 5.75 Å². The summed E-state index contributed by atoms with van der Waals surface area (Å²) < 4.78 is 0. The number of para-hydroxylation sites is 1. The van der Waals surface area contributed by atoms with E-state index in [4.69, 9.17) is 0 Å². The van der Waals surface area contributed by atoms with Gasteiger partial charge in [0.25, 0.3) is 0 Å². The second-order valence-electron chi connectivity index (χ2n) is 3.77. The van der Waals surface area contributed by atoms with Gasteiger partial charge in [0.05, 0.1) is 0 Å². The van der Waals surface area contributed by atoms with Crippen LogP contribution in [0, 0.1) is 0 Å². The van der Waals surface area contributed by atoms with Gasteiger partial charge >= 0.3 is 0 Å². The van der Waals surface area contributed by atoms with Gasteiger partial charge in [-0.05, 0) is 17.0 Å². The molecule has 76 valence electrons. The summed E-state index contributed by atoms with van der Waals surface area (Å²) in [5.41, 5.74) is 1.03. The summed E-state index contributed by atoms with van der Waals surface area (Å²) in [5, 5.41) is 9.45. The first kappa shape index (κ1) is 15.1. The molecule has 0 spiro atoms. The lowest BCUT2D eigenvalue weighted by atomic mass is 9.86. The molecule has 13 heavy (non-hydrogen) atoms. The van der Waals surface area contributed by atoms with Gasteiger partial charge in [-0.15, -0.1) is 24.8 Å². The van der Waals surface area contributed by atoms with Crippen LogP contribution in [-0.2, 0) is 5.41 Å². The first-order valence-electron chi connectivity index (χ1n) is 3.80. The first-order valence-corrected chi connectivity index (χ1v) is 3.80. The Hall–Kier alpha value is -0.400. The van der Waals surface area contributed by atoms with Crippen molar-refractivity contribution in [3.63, 3.8) is 0 Å². The van der Waals surface area contributed by atoms with E-state index in [-0.39, 0.29) is 30.2 Å². The fourth-order valence-corrected chi connectivity index (χ4v) is 1.11. The Bertz CT molecular complexity index is 253. The Kier molecular flexibility index (Phi) is 6.22. The quantitative estimate of drug-likeness (QED) is 0.713. The third-order valence-electron chi connectivity index (χ3n) is 1.71. The van der Waals surface area contributed by atoms with Crippen LogP contribution in [0.25, 0.3) is 0 Å². The maximum atomic E-state index is 9.45. The van der Waals surface area contributed by atoms with E-state index in [2.05, 4.69) is 20.8 Å². The van der Waals surface area contributed by atoms with Crippen molar-refractivity contribution >= 4 is 24.8 Å². The van der Waals surface area contributed by atoms with E-state index in [0.717, 1.165) is 5.56 Å². The molecule has 3 heteroatoms. The Morgan fingerprint density at radius 3 is 1.77 bits per heavy atom. The average molecular weight is 223 g/mol. The Balaban J connectivity index is 0. The van der Waals surface area contributed by atoms with E-state index in [1.165, 1.54) is 0 Å². The van der Waals surface area contributed by atoms with Crippen LogP contribution in [-0.4, -0.2) is 5.11 Å². The molecule has 0 radical (unpaired) electrons. The number of rotatable bonds is 0. The average Bonchev–Trinajstić information content (AvgIpc) is 1.86. The molecule has 0 unspecified atom stereocenters. The second-order valence-corrected chi connectivity index (χ2v) is 3.77. The molecule has 1 N–H and O–H groups in total. The number of benzene rings is 1. The zero-order valence-corrected chi connectivity index (χ0v) is 9.71. The lowest BCUT2D eigenvalue weighted by molar-refractivity contribution is 0.447. The van der Waals surface area contributed by atoms with E-state index >= 15 is 0 Å². The maximum Gasteiger partial charge on any atom is 0.119 e. The summed E-state index contributed by atoms with van der Waals surface area (Å²) >= 11 is 0. The van der Waals surface area contributed by atoms with Crippen molar-refractivity contribution in [1.82, 2.24) is 0 Å². The van der Waals surface area contributed by atoms with Gasteiger partial charge in [0, 0.05) is 0 Å². The van der Waals surface area contributed by atoms with E-state index < -0.39 is 0 Å². The number of phenolic OH excluding ortho intramolecular Hbond substituents is 1. The molecule has 0 fully saturated rings. The molecule has 1 nitrogen and oxygen atoms in total. The molecular formula is C10H16Cl2O. The van der Waals surface area contributed by atoms with Gasteiger partial charge < -0.3 is 5.11 Å². The smallest absolute Gasteiger partial charge is 0.119 e. The maximum absolute atomic E-state index is 9.45. The Labute approximate surface area is 92.0 Å². The van der Waals surface area contributed by atoms with Gasteiger partial charge in [-0.25, -0.2) is 0 Å². The minimum Gasteiger partial charge on any atom is -0.508 e. The molecule has 0 aromatic heterocycles. The van der Waals surface area contributed by atoms with Crippen molar-refractivity contribution < 1.29 is 5.11 Å². The van der Waals surface area contributed by atoms with Gasteiger partial charge in [0.15, 0.2) is 0 Å². The third kappa shape index (κ3) is 3.88. The zero-order valence-electron chi connectivity index (χ0n) is 8.07. The van der Waals surface area contributed by atoms with E-state index in [9.17, 15) is 5.11 Å². The fourth-order valence-electron chi connectivity index (χ4n) is 1.11. The van der Waals surface area contributed by atoms with Crippen molar-refractivity contribution in [3.8, 4) is 5.75 Å². The standard InChI is InChI=1S/C10H14O.2ClH/c1-10(2,3)8-6-4-5-7-9(8)11;;/h4-7,11H,1-3H3;2*1H. The minimum atomic E-state index is 0. The van der Waals surface area contributed by atoms with Crippen LogP contribution in [0.3, 0.4) is 0 Å². The van der Waals surface area contributed by atoms with Crippen LogP contribution in [0.2, 0.25) is 0 Å². The summed E-state index contributed by atoms with van der Waals surface area (Å²) in [6.07, 6.45) is 0. The van der Waals surface area contributed by atoms with Crippen LogP contribution < -0.4 is 0 Å². The largest absolute Gasteiger partial charge is 0.508 e. The third-order valence-corrected chi connectivity index (χ3v) is 1.71. The SMILES string of the molecule is CC(C)(C)c1ccccc1O.Cl.Cl. The summed E-state index contributed by atoms with van der Waals surface area (Å²) in [6.45, 7) is 6.26. The Morgan fingerprint density at radius 2 is 1.46 bits per heavy atom. The van der Waals surface area contributed by atoms with Crippen molar-refractivity contribution in [1.29, 1.82) is 0 Å².